The van der Waals surface area contributed by atoms with E-state index in [-0.39, 0.29) is 18.3 Å². The average molecular weight is 396 g/mol. The standard InChI is InChI=1S/C19H20N6O4/c26-17(23-9-11-24(12-10-23)19-20-5-1-6-21-19)14-28-18(27)16-4-3-15(29-16)13-25-8-2-7-22-25/h1-8H,9-14H2. The van der Waals surface area contributed by atoms with Crippen molar-refractivity contribution in [3.05, 3.63) is 60.6 Å². The minimum absolute atomic E-state index is 0.0611. The third-order valence-electron chi connectivity index (χ3n) is 4.53. The second-order valence-corrected chi connectivity index (χ2v) is 6.46. The zero-order chi connectivity index (χ0) is 20.1. The predicted molar refractivity (Wildman–Crippen MR) is 101 cm³/mol. The van der Waals surface area contributed by atoms with Gasteiger partial charge in [-0.1, -0.05) is 0 Å². The molecule has 0 aliphatic carbocycles. The zero-order valence-corrected chi connectivity index (χ0v) is 15.7. The van der Waals surface area contributed by atoms with Gasteiger partial charge in [0.1, 0.15) is 5.76 Å². The molecule has 0 atom stereocenters. The van der Waals surface area contributed by atoms with E-state index in [0.29, 0.717) is 44.4 Å². The van der Waals surface area contributed by atoms with Crippen LogP contribution in [0.5, 0.6) is 0 Å². The van der Waals surface area contributed by atoms with E-state index in [2.05, 4.69) is 15.1 Å². The lowest BCUT2D eigenvalue weighted by atomic mass is 10.3. The van der Waals surface area contributed by atoms with Crippen LogP contribution < -0.4 is 4.90 Å². The summed E-state index contributed by atoms with van der Waals surface area (Å²) in [4.78, 5) is 36.6. The largest absolute Gasteiger partial charge is 0.452 e. The van der Waals surface area contributed by atoms with Crippen molar-refractivity contribution in [2.24, 2.45) is 0 Å². The zero-order valence-electron chi connectivity index (χ0n) is 15.7. The predicted octanol–water partition coefficient (Wildman–Crippen LogP) is 0.820. The van der Waals surface area contributed by atoms with Gasteiger partial charge in [-0.05, 0) is 24.3 Å². The number of aromatic nitrogens is 4. The van der Waals surface area contributed by atoms with E-state index in [1.54, 1.807) is 52.6 Å². The Labute approximate surface area is 166 Å². The highest BCUT2D eigenvalue weighted by molar-refractivity contribution is 5.88. The molecule has 1 amide bonds. The fraction of sp³-hybridized carbons (Fsp3) is 0.316. The van der Waals surface area contributed by atoms with E-state index in [9.17, 15) is 9.59 Å². The van der Waals surface area contributed by atoms with Gasteiger partial charge in [0.2, 0.25) is 11.7 Å². The quantitative estimate of drug-likeness (QED) is 0.564. The first kappa shape index (κ1) is 18.7. The molecular formula is C19H20N6O4. The summed E-state index contributed by atoms with van der Waals surface area (Å²) in [6, 6.07) is 6.78. The molecule has 0 radical (unpaired) electrons. The maximum absolute atomic E-state index is 12.4. The number of amides is 1. The monoisotopic (exact) mass is 396 g/mol. The Morgan fingerprint density at radius 1 is 1.03 bits per heavy atom. The number of esters is 1. The van der Waals surface area contributed by atoms with Crippen molar-refractivity contribution in [1.82, 2.24) is 24.6 Å². The second-order valence-electron chi connectivity index (χ2n) is 6.46. The number of ether oxygens (including phenoxy) is 1. The molecule has 0 aromatic carbocycles. The first-order chi connectivity index (χ1) is 14.2. The molecule has 4 heterocycles. The van der Waals surface area contributed by atoms with Crippen LogP contribution in [-0.2, 0) is 16.1 Å². The van der Waals surface area contributed by atoms with Crippen LogP contribution in [0, 0.1) is 0 Å². The van der Waals surface area contributed by atoms with Gasteiger partial charge in [-0.25, -0.2) is 14.8 Å². The Bertz CT molecular complexity index is 948. The molecule has 0 N–H and O–H groups in total. The maximum atomic E-state index is 12.4. The molecule has 1 fully saturated rings. The van der Waals surface area contributed by atoms with E-state index in [1.165, 1.54) is 6.07 Å². The first-order valence-corrected chi connectivity index (χ1v) is 9.22. The van der Waals surface area contributed by atoms with Crippen LogP contribution in [0.3, 0.4) is 0 Å². The lowest BCUT2D eigenvalue weighted by Gasteiger charge is -2.34. The first-order valence-electron chi connectivity index (χ1n) is 9.22. The lowest BCUT2D eigenvalue weighted by molar-refractivity contribution is -0.134. The molecule has 3 aromatic heterocycles. The molecule has 1 saturated heterocycles. The van der Waals surface area contributed by atoms with Crippen molar-refractivity contribution >= 4 is 17.8 Å². The van der Waals surface area contributed by atoms with Gasteiger partial charge >= 0.3 is 5.97 Å². The molecule has 29 heavy (non-hydrogen) atoms. The Kier molecular flexibility index (Phi) is 5.50. The van der Waals surface area contributed by atoms with E-state index in [0.717, 1.165) is 0 Å². The summed E-state index contributed by atoms with van der Waals surface area (Å²) in [5.74, 6) is 0.378. The minimum atomic E-state index is -0.665. The molecule has 0 bridgehead atoms. The van der Waals surface area contributed by atoms with Gasteiger partial charge in [0.25, 0.3) is 5.91 Å². The van der Waals surface area contributed by atoms with Crippen LogP contribution in [0.4, 0.5) is 5.95 Å². The van der Waals surface area contributed by atoms with Crippen LogP contribution in [0.2, 0.25) is 0 Å². The molecule has 1 aliphatic heterocycles. The third-order valence-corrected chi connectivity index (χ3v) is 4.53. The molecule has 10 nitrogen and oxygen atoms in total. The number of rotatable bonds is 6. The number of piperazine rings is 1. The summed E-state index contributed by atoms with van der Waals surface area (Å²) in [6.45, 7) is 2.37. The SMILES string of the molecule is O=C(OCC(=O)N1CCN(c2ncccn2)CC1)c1ccc(Cn2cccn2)o1. The lowest BCUT2D eigenvalue weighted by Crippen LogP contribution is -2.50. The summed E-state index contributed by atoms with van der Waals surface area (Å²) in [5.41, 5.74) is 0. The number of furan rings is 1. The highest BCUT2D eigenvalue weighted by Crippen LogP contribution is 2.12. The molecule has 3 aromatic rings. The van der Waals surface area contributed by atoms with Crippen LogP contribution in [0.1, 0.15) is 16.3 Å². The fourth-order valence-electron chi connectivity index (χ4n) is 3.03. The average Bonchev–Trinajstić information content (AvgIpc) is 3.45. The van der Waals surface area contributed by atoms with Gasteiger partial charge in [-0.3, -0.25) is 9.48 Å². The van der Waals surface area contributed by atoms with Gasteiger partial charge in [0, 0.05) is 51.0 Å². The number of nitrogens with zero attached hydrogens (tertiary/aromatic N) is 6. The molecule has 0 unspecified atom stereocenters. The molecule has 0 saturated carbocycles. The van der Waals surface area contributed by atoms with Gasteiger partial charge in [0.05, 0.1) is 6.54 Å². The Balaban J connectivity index is 1.23. The molecular weight excluding hydrogens is 376 g/mol. The molecule has 150 valence electrons. The van der Waals surface area contributed by atoms with Crippen molar-refractivity contribution in [2.75, 3.05) is 37.7 Å². The van der Waals surface area contributed by atoms with E-state index < -0.39 is 5.97 Å². The number of anilines is 1. The normalized spacial score (nSPS) is 14.1. The van der Waals surface area contributed by atoms with Crippen LogP contribution in [0.15, 0.2) is 53.5 Å². The summed E-state index contributed by atoms with van der Waals surface area (Å²) in [7, 11) is 0. The van der Waals surface area contributed by atoms with Crippen molar-refractivity contribution in [3.8, 4) is 0 Å². The number of hydrogen-bond donors (Lipinski definition) is 0. The molecule has 1 aliphatic rings. The van der Waals surface area contributed by atoms with Crippen LogP contribution >= 0.6 is 0 Å². The van der Waals surface area contributed by atoms with E-state index >= 15 is 0 Å². The van der Waals surface area contributed by atoms with Gasteiger partial charge < -0.3 is 19.0 Å². The van der Waals surface area contributed by atoms with Gasteiger partial charge in [0.15, 0.2) is 6.61 Å². The topological polar surface area (TPSA) is 107 Å². The summed E-state index contributed by atoms with van der Waals surface area (Å²) in [6.07, 6.45) is 6.84. The van der Waals surface area contributed by atoms with Crippen molar-refractivity contribution in [1.29, 1.82) is 0 Å². The van der Waals surface area contributed by atoms with Crippen molar-refractivity contribution in [2.45, 2.75) is 6.54 Å². The molecule has 0 spiro atoms. The summed E-state index contributed by atoms with van der Waals surface area (Å²) >= 11 is 0. The number of hydrogen-bond acceptors (Lipinski definition) is 8. The van der Waals surface area contributed by atoms with Gasteiger partial charge in [-0.15, -0.1) is 0 Å². The smallest absolute Gasteiger partial charge is 0.374 e. The minimum Gasteiger partial charge on any atom is -0.452 e. The Morgan fingerprint density at radius 3 is 2.55 bits per heavy atom. The number of carbonyl (C=O) groups is 2. The summed E-state index contributed by atoms with van der Waals surface area (Å²) in [5, 5.41) is 4.08. The maximum Gasteiger partial charge on any atom is 0.374 e. The third kappa shape index (κ3) is 4.60. The Morgan fingerprint density at radius 2 is 1.83 bits per heavy atom. The fourth-order valence-corrected chi connectivity index (χ4v) is 3.03. The summed E-state index contributed by atoms with van der Waals surface area (Å²) < 4.78 is 12.3. The van der Waals surface area contributed by atoms with Crippen molar-refractivity contribution in [3.63, 3.8) is 0 Å². The number of carbonyl (C=O) groups excluding carboxylic acids is 2. The highest BCUT2D eigenvalue weighted by atomic mass is 16.5. The van der Waals surface area contributed by atoms with Crippen LogP contribution in [0.25, 0.3) is 0 Å². The Hall–Kier alpha value is -3.69. The van der Waals surface area contributed by atoms with Crippen molar-refractivity contribution < 1.29 is 18.7 Å². The van der Waals surface area contributed by atoms with E-state index in [4.69, 9.17) is 9.15 Å². The second kappa shape index (κ2) is 8.55. The van der Waals surface area contributed by atoms with E-state index in [1.807, 2.05) is 4.90 Å². The van der Waals surface area contributed by atoms with Crippen LogP contribution in [-0.4, -0.2) is 69.3 Å². The van der Waals surface area contributed by atoms with Gasteiger partial charge in [-0.2, -0.15) is 5.10 Å². The highest BCUT2D eigenvalue weighted by Gasteiger charge is 2.24. The molecule has 4 rings (SSSR count). The molecule has 10 heteroatoms.